The van der Waals surface area contributed by atoms with Crippen LogP contribution in [0.15, 0.2) is 18.6 Å². The standard InChI is InChI=1S/C13H19N5/c1-4-6-10-12(11-7-8-18(3)17-11)15-9-16-13(10)14-5-2/h7-9H,4-6H2,1-3H3,(H,14,15,16). The lowest BCUT2D eigenvalue weighted by Gasteiger charge is -2.11. The van der Waals surface area contributed by atoms with Crippen molar-refractivity contribution in [1.82, 2.24) is 19.7 Å². The van der Waals surface area contributed by atoms with E-state index in [9.17, 15) is 0 Å². The Morgan fingerprint density at radius 3 is 2.72 bits per heavy atom. The van der Waals surface area contributed by atoms with Crippen molar-refractivity contribution in [2.75, 3.05) is 11.9 Å². The molecule has 5 heteroatoms. The number of anilines is 1. The summed E-state index contributed by atoms with van der Waals surface area (Å²) in [5.41, 5.74) is 2.99. The van der Waals surface area contributed by atoms with Crippen LogP contribution in [0.3, 0.4) is 0 Å². The van der Waals surface area contributed by atoms with Crippen molar-refractivity contribution in [2.24, 2.45) is 7.05 Å². The van der Waals surface area contributed by atoms with Crippen LogP contribution in [0, 0.1) is 0 Å². The zero-order chi connectivity index (χ0) is 13.0. The van der Waals surface area contributed by atoms with Gasteiger partial charge in [-0.15, -0.1) is 0 Å². The number of aryl methyl sites for hydroxylation is 1. The van der Waals surface area contributed by atoms with Gasteiger partial charge in [0.1, 0.15) is 17.8 Å². The normalized spacial score (nSPS) is 10.6. The molecule has 0 spiro atoms. The van der Waals surface area contributed by atoms with E-state index in [-0.39, 0.29) is 0 Å². The lowest BCUT2D eigenvalue weighted by atomic mass is 10.1. The summed E-state index contributed by atoms with van der Waals surface area (Å²) in [5, 5.41) is 7.72. The van der Waals surface area contributed by atoms with Crippen LogP contribution < -0.4 is 5.32 Å². The van der Waals surface area contributed by atoms with Gasteiger partial charge in [0.05, 0.1) is 5.69 Å². The van der Waals surface area contributed by atoms with Crippen LogP contribution in [0.25, 0.3) is 11.4 Å². The highest BCUT2D eigenvalue weighted by molar-refractivity contribution is 5.65. The molecule has 0 aromatic carbocycles. The highest BCUT2D eigenvalue weighted by atomic mass is 15.3. The third-order valence-electron chi connectivity index (χ3n) is 2.75. The average Bonchev–Trinajstić information content (AvgIpc) is 2.78. The molecule has 1 N–H and O–H groups in total. The molecular weight excluding hydrogens is 226 g/mol. The smallest absolute Gasteiger partial charge is 0.133 e. The largest absolute Gasteiger partial charge is 0.370 e. The van der Waals surface area contributed by atoms with E-state index in [0.29, 0.717) is 0 Å². The number of nitrogens with one attached hydrogen (secondary N) is 1. The molecule has 0 bridgehead atoms. The lowest BCUT2D eigenvalue weighted by molar-refractivity contribution is 0.768. The Morgan fingerprint density at radius 2 is 2.11 bits per heavy atom. The van der Waals surface area contributed by atoms with E-state index in [1.807, 2.05) is 19.3 Å². The van der Waals surface area contributed by atoms with Gasteiger partial charge in [0, 0.05) is 25.4 Å². The maximum absolute atomic E-state index is 4.42. The summed E-state index contributed by atoms with van der Waals surface area (Å²) >= 11 is 0. The minimum absolute atomic E-state index is 0.857. The van der Waals surface area contributed by atoms with Crippen molar-refractivity contribution < 1.29 is 0 Å². The van der Waals surface area contributed by atoms with Crippen molar-refractivity contribution in [1.29, 1.82) is 0 Å². The molecule has 2 aromatic rings. The summed E-state index contributed by atoms with van der Waals surface area (Å²) in [5.74, 6) is 0.926. The molecule has 0 aliphatic carbocycles. The van der Waals surface area contributed by atoms with E-state index in [0.717, 1.165) is 42.2 Å². The van der Waals surface area contributed by atoms with E-state index in [4.69, 9.17) is 0 Å². The van der Waals surface area contributed by atoms with Crippen molar-refractivity contribution in [3.8, 4) is 11.4 Å². The molecule has 0 amide bonds. The first-order valence-electron chi connectivity index (χ1n) is 6.34. The Morgan fingerprint density at radius 1 is 1.28 bits per heavy atom. The maximum Gasteiger partial charge on any atom is 0.133 e. The molecule has 2 aromatic heterocycles. The summed E-state index contributed by atoms with van der Waals surface area (Å²) in [6.07, 6.45) is 5.54. The fraction of sp³-hybridized carbons (Fsp3) is 0.462. The zero-order valence-corrected chi connectivity index (χ0v) is 11.1. The first-order valence-corrected chi connectivity index (χ1v) is 6.34. The molecule has 0 unspecified atom stereocenters. The minimum atomic E-state index is 0.857. The third kappa shape index (κ3) is 2.50. The fourth-order valence-corrected chi connectivity index (χ4v) is 1.98. The van der Waals surface area contributed by atoms with Gasteiger partial charge in [-0.3, -0.25) is 4.68 Å². The van der Waals surface area contributed by atoms with Gasteiger partial charge in [-0.1, -0.05) is 13.3 Å². The van der Waals surface area contributed by atoms with Gasteiger partial charge in [-0.25, -0.2) is 9.97 Å². The van der Waals surface area contributed by atoms with E-state index in [1.165, 1.54) is 0 Å². The van der Waals surface area contributed by atoms with Crippen molar-refractivity contribution in [3.05, 3.63) is 24.2 Å². The Labute approximate surface area is 107 Å². The van der Waals surface area contributed by atoms with E-state index >= 15 is 0 Å². The van der Waals surface area contributed by atoms with Crippen molar-refractivity contribution in [2.45, 2.75) is 26.7 Å². The Bertz CT molecular complexity index is 518. The summed E-state index contributed by atoms with van der Waals surface area (Å²) < 4.78 is 1.79. The van der Waals surface area contributed by atoms with Gasteiger partial charge >= 0.3 is 0 Å². The molecule has 0 aliphatic heterocycles. The summed E-state index contributed by atoms with van der Waals surface area (Å²) in [6, 6.07) is 1.98. The Hall–Kier alpha value is -1.91. The summed E-state index contributed by atoms with van der Waals surface area (Å²) in [6.45, 7) is 5.08. The molecule has 96 valence electrons. The molecule has 0 aliphatic rings. The first kappa shape index (κ1) is 12.5. The number of aromatic nitrogens is 4. The molecule has 18 heavy (non-hydrogen) atoms. The first-order chi connectivity index (χ1) is 8.76. The Kier molecular flexibility index (Phi) is 3.92. The number of hydrogen-bond acceptors (Lipinski definition) is 4. The quantitative estimate of drug-likeness (QED) is 0.878. The molecule has 0 atom stereocenters. The molecule has 0 fully saturated rings. The van der Waals surface area contributed by atoms with Crippen LogP contribution in [0.4, 0.5) is 5.82 Å². The Balaban J connectivity index is 2.48. The molecule has 0 saturated heterocycles. The predicted molar refractivity (Wildman–Crippen MR) is 72.4 cm³/mol. The van der Waals surface area contributed by atoms with Crippen LogP contribution in [0.1, 0.15) is 25.8 Å². The fourth-order valence-electron chi connectivity index (χ4n) is 1.98. The second-order valence-corrected chi connectivity index (χ2v) is 4.20. The van der Waals surface area contributed by atoms with Crippen LogP contribution in [-0.4, -0.2) is 26.3 Å². The zero-order valence-electron chi connectivity index (χ0n) is 11.1. The third-order valence-corrected chi connectivity index (χ3v) is 2.75. The highest BCUT2D eigenvalue weighted by Gasteiger charge is 2.13. The van der Waals surface area contributed by atoms with Crippen molar-refractivity contribution >= 4 is 5.82 Å². The molecule has 2 rings (SSSR count). The van der Waals surface area contributed by atoms with Gasteiger partial charge in [0.2, 0.25) is 0 Å². The van der Waals surface area contributed by atoms with E-state index in [2.05, 4.69) is 34.2 Å². The molecule has 0 radical (unpaired) electrons. The SMILES string of the molecule is CCCc1c(NCC)ncnc1-c1ccn(C)n1. The minimum Gasteiger partial charge on any atom is -0.370 e. The van der Waals surface area contributed by atoms with E-state index < -0.39 is 0 Å². The lowest BCUT2D eigenvalue weighted by Crippen LogP contribution is -2.06. The maximum atomic E-state index is 4.42. The molecule has 0 saturated carbocycles. The van der Waals surface area contributed by atoms with Crippen LogP contribution in [-0.2, 0) is 13.5 Å². The second kappa shape index (κ2) is 5.62. The topological polar surface area (TPSA) is 55.6 Å². The van der Waals surface area contributed by atoms with Crippen LogP contribution in [0.2, 0.25) is 0 Å². The number of rotatable bonds is 5. The van der Waals surface area contributed by atoms with Gasteiger partial charge in [0.25, 0.3) is 0 Å². The number of nitrogens with zero attached hydrogens (tertiary/aromatic N) is 4. The van der Waals surface area contributed by atoms with E-state index in [1.54, 1.807) is 11.0 Å². The van der Waals surface area contributed by atoms with Crippen LogP contribution >= 0.6 is 0 Å². The van der Waals surface area contributed by atoms with Crippen molar-refractivity contribution in [3.63, 3.8) is 0 Å². The van der Waals surface area contributed by atoms with Gasteiger partial charge in [-0.05, 0) is 19.4 Å². The van der Waals surface area contributed by atoms with Gasteiger partial charge in [0.15, 0.2) is 0 Å². The average molecular weight is 245 g/mol. The molecule has 2 heterocycles. The number of hydrogen-bond donors (Lipinski definition) is 1. The summed E-state index contributed by atoms with van der Waals surface area (Å²) in [4.78, 5) is 8.72. The predicted octanol–water partition coefficient (Wildman–Crippen LogP) is 2.26. The molecule has 5 nitrogen and oxygen atoms in total. The summed E-state index contributed by atoms with van der Waals surface area (Å²) in [7, 11) is 1.91. The second-order valence-electron chi connectivity index (χ2n) is 4.20. The van der Waals surface area contributed by atoms with Gasteiger partial charge < -0.3 is 5.32 Å². The highest BCUT2D eigenvalue weighted by Crippen LogP contribution is 2.25. The molecular formula is C13H19N5. The van der Waals surface area contributed by atoms with Gasteiger partial charge in [-0.2, -0.15) is 5.10 Å². The monoisotopic (exact) mass is 245 g/mol. The van der Waals surface area contributed by atoms with Crippen LogP contribution in [0.5, 0.6) is 0 Å².